The number of hydrogen-bond acceptors (Lipinski definition) is 4. The number of carbonyl (C=O) groups is 1. The van der Waals surface area contributed by atoms with Gasteiger partial charge in [-0.1, -0.05) is 25.5 Å². The molecule has 0 N–H and O–H groups in total. The first-order valence-corrected chi connectivity index (χ1v) is 7.42. The van der Waals surface area contributed by atoms with E-state index in [0.717, 1.165) is 30.6 Å². The number of benzene rings is 1. The van der Waals surface area contributed by atoms with Crippen molar-refractivity contribution in [3.8, 4) is 5.75 Å². The van der Waals surface area contributed by atoms with Crippen LogP contribution in [0.4, 0.5) is 0 Å². The molecule has 1 aromatic rings. The van der Waals surface area contributed by atoms with Gasteiger partial charge in [0.25, 0.3) is 0 Å². The molecule has 0 aliphatic rings. The van der Waals surface area contributed by atoms with Crippen molar-refractivity contribution >= 4 is 31.8 Å². The van der Waals surface area contributed by atoms with Crippen molar-refractivity contribution in [2.75, 3.05) is 12.5 Å². The van der Waals surface area contributed by atoms with E-state index in [2.05, 4.69) is 16.6 Å². The molecule has 112 valence electrons. The highest BCUT2D eigenvalue weighted by Gasteiger charge is 2.16. The van der Waals surface area contributed by atoms with Crippen LogP contribution in [0.25, 0.3) is 0 Å². The second-order valence-corrected chi connectivity index (χ2v) is 4.82. The number of unbranched alkanes of at least 4 members (excludes halogenated alkanes) is 1. The number of halogens is 1. The van der Waals surface area contributed by atoms with E-state index in [4.69, 9.17) is 24.4 Å². The molecular formula is C15H19BClNO3. The number of ketones is 1. The van der Waals surface area contributed by atoms with E-state index in [9.17, 15) is 4.79 Å². The van der Waals surface area contributed by atoms with E-state index in [1.54, 1.807) is 0 Å². The third-order valence-corrected chi connectivity index (χ3v) is 3.19. The molecule has 0 saturated carbocycles. The highest BCUT2D eigenvalue weighted by molar-refractivity contribution is 6.28. The van der Waals surface area contributed by atoms with Crippen LogP contribution in [-0.2, 0) is 15.9 Å². The second-order valence-electron chi connectivity index (χ2n) is 4.56. The van der Waals surface area contributed by atoms with Crippen LogP contribution in [0, 0.1) is 0 Å². The first-order chi connectivity index (χ1) is 10.2. The Kier molecular flexibility index (Phi) is 8.59. The largest absolute Gasteiger partial charge is 0.560 e. The van der Waals surface area contributed by atoms with Gasteiger partial charge in [0.2, 0.25) is 0 Å². The summed E-state index contributed by atoms with van der Waals surface area (Å²) in [6.45, 7) is 2.83. The molecule has 0 fully saturated rings. The lowest BCUT2D eigenvalue weighted by atomic mass is 10.0. The average molecular weight is 308 g/mol. The monoisotopic (exact) mass is 307 g/mol. The second kappa shape index (κ2) is 10.3. The Morgan fingerprint density at radius 1 is 1.43 bits per heavy atom. The first-order valence-electron chi connectivity index (χ1n) is 6.88. The fourth-order valence-electron chi connectivity index (χ4n) is 1.73. The normalized spacial score (nSPS) is 12.3. The number of aliphatic imine (C=N–C) groups is 1. The summed E-state index contributed by atoms with van der Waals surface area (Å²) in [5.74, 6) is 0.555. The number of ether oxygens (including phenoxy) is 1. The Balaban J connectivity index is 2.62. The fraction of sp³-hybridized carbons (Fsp3) is 0.467. The van der Waals surface area contributed by atoms with Crippen LogP contribution in [0.2, 0.25) is 0 Å². The molecule has 0 aliphatic heterocycles. The Labute approximate surface area is 131 Å². The minimum absolute atomic E-state index is 0.0925. The van der Waals surface area contributed by atoms with Gasteiger partial charge in [-0.05, 0) is 24.1 Å². The third-order valence-electron chi connectivity index (χ3n) is 2.92. The average Bonchev–Trinajstić information content (AvgIpc) is 2.52. The van der Waals surface area contributed by atoms with E-state index < -0.39 is 6.04 Å². The molecule has 1 atom stereocenters. The molecule has 0 spiro atoms. The van der Waals surface area contributed by atoms with Gasteiger partial charge in [-0.15, -0.1) is 11.6 Å². The van der Waals surface area contributed by atoms with Crippen LogP contribution in [0.1, 0.15) is 25.3 Å². The molecule has 21 heavy (non-hydrogen) atoms. The summed E-state index contributed by atoms with van der Waals surface area (Å²) in [5.41, 5.74) is 0.968. The maximum Gasteiger partial charge on any atom is 0.375 e. The van der Waals surface area contributed by atoms with E-state index >= 15 is 0 Å². The van der Waals surface area contributed by atoms with Crippen LogP contribution in [0.15, 0.2) is 29.3 Å². The minimum Gasteiger partial charge on any atom is -0.560 e. The van der Waals surface area contributed by atoms with Gasteiger partial charge >= 0.3 is 8.05 Å². The number of hydrogen-bond donors (Lipinski definition) is 0. The van der Waals surface area contributed by atoms with Gasteiger partial charge in [0.1, 0.15) is 11.8 Å². The first kappa shape index (κ1) is 17.6. The molecule has 4 nitrogen and oxygen atoms in total. The molecule has 0 aliphatic carbocycles. The van der Waals surface area contributed by atoms with Crippen molar-refractivity contribution in [3.63, 3.8) is 0 Å². The van der Waals surface area contributed by atoms with Gasteiger partial charge in [-0.25, -0.2) is 4.99 Å². The molecular weight excluding hydrogens is 288 g/mol. The molecule has 0 amide bonds. The fourth-order valence-corrected chi connectivity index (χ4v) is 1.90. The quantitative estimate of drug-likeness (QED) is 0.219. The summed E-state index contributed by atoms with van der Waals surface area (Å²) in [4.78, 5) is 15.7. The van der Waals surface area contributed by atoms with Gasteiger partial charge < -0.3 is 9.39 Å². The van der Waals surface area contributed by atoms with Crippen LogP contribution in [-0.4, -0.2) is 38.8 Å². The molecule has 1 rings (SSSR count). The Morgan fingerprint density at radius 2 is 2.14 bits per heavy atom. The van der Waals surface area contributed by atoms with Crippen molar-refractivity contribution < 1.29 is 14.2 Å². The standard InChI is InChI=1S/C15H19BClNO3/c1-2-3-8-20-13-6-4-12(5-7-13)9-14(15(19)10-17)18-11-21-16/h4-7,11,14H,2-3,8-10H2,1H3/t14-/m0/s1. The van der Waals surface area contributed by atoms with Gasteiger partial charge in [-0.2, -0.15) is 0 Å². The number of nitrogens with zero attached hydrogens (tertiary/aromatic N) is 1. The van der Waals surface area contributed by atoms with Crippen molar-refractivity contribution in [1.29, 1.82) is 0 Å². The predicted molar refractivity (Wildman–Crippen MR) is 85.4 cm³/mol. The van der Waals surface area contributed by atoms with Crippen LogP contribution < -0.4 is 4.74 Å². The maximum absolute atomic E-state index is 11.7. The molecule has 0 unspecified atom stereocenters. The summed E-state index contributed by atoms with van der Waals surface area (Å²) < 4.78 is 9.86. The van der Waals surface area contributed by atoms with Gasteiger partial charge in [0, 0.05) is 6.42 Å². The van der Waals surface area contributed by atoms with Crippen LogP contribution in [0.5, 0.6) is 5.75 Å². The molecule has 0 heterocycles. The Hall–Kier alpha value is -1.49. The Morgan fingerprint density at radius 3 is 2.71 bits per heavy atom. The van der Waals surface area contributed by atoms with E-state index in [1.807, 2.05) is 24.3 Å². The van der Waals surface area contributed by atoms with Crippen molar-refractivity contribution in [2.24, 2.45) is 4.99 Å². The number of rotatable bonds is 10. The Bertz CT molecular complexity index is 451. The maximum atomic E-state index is 11.7. The topological polar surface area (TPSA) is 47.9 Å². The van der Waals surface area contributed by atoms with E-state index in [1.165, 1.54) is 0 Å². The highest BCUT2D eigenvalue weighted by atomic mass is 35.5. The number of Topliss-reactive ketones (excluding diaryl/α,β-unsaturated/α-hetero) is 1. The SMILES string of the molecule is [B]OC=N[C@@H](Cc1ccc(OCCCC)cc1)C(=O)CCl. The molecule has 0 saturated heterocycles. The molecule has 0 bridgehead atoms. The van der Waals surface area contributed by atoms with Gasteiger partial charge in [-0.3, -0.25) is 4.79 Å². The lowest BCUT2D eigenvalue weighted by Crippen LogP contribution is -2.23. The predicted octanol–water partition coefficient (Wildman–Crippen LogP) is 2.71. The summed E-state index contributed by atoms with van der Waals surface area (Å²) in [6, 6.07) is 7.01. The van der Waals surface area contributed by atoms with Gasteiger partial charge in [0.15, 0.2) is 12.2 Å². The van der Waals surface area contributed by atoms with Crippen molar-refractivity contribution in [2.45, 2.75) is 32.2 Å². The van der Waals surface area contributed by atoms with E-state index in [-0.39, 0.29) is 11.7 Å². The number of alkyl halides is 1. The highest BCUT2D eigenvalue weighted by Crippen LogP contribution is 2.15. The summed E-state index contributed by atoms with van der Waals surface area (Å²) in [6.07, 6.45) is 3.63. The van der Waals surface area contributed by atoms with Crippen LogP contribution in [0.3, 0.4) is 0 Å². The summed E-state index contributed by atoms with van der Waals surface area (Å²) in [7, 11) is 4.88. The summed E-state index contributed by atoms with van der Waals surface area (Å²) >= 11 is 5.57. The molecule has 6 heteroatoms. The summed E-state index contributed by atoms with van der Waals surface area (Å²) in [5, 5.41) is 0. The zero-order valence-electron chi connectivity index (χ0n) is 12.1. The lowest BCUT2D eigenvalue weighted by Gasteiger charge is -2.11. The van der Waals surface area contributed by atoms with Crippen molar-refractivity contribution in [1.82, 2.24) is 0 Å². The molecule has 0 aromatic heterocycles. The zero-order chi connectivity index (χ0) is 15.5. The van der Waals surface area contributed by atoms with Crippen LogP contribution >= 0.6 is 11.6 Å². The minimum atomic E-state index is -0.585. The zero-order valence-corrected chi connectivity index (χ0v) is 12.9. The number of carbonyl (C=O) groups excluding carboxylic acids is 1. The molecule has 2 radical (unpaired) electrons. The molecule has 1 aromatic carbocycles. The smallest absolute Gasteiger partial charge is 0.375 e. The van der Waals surface area contributed by atoms with E-state index in [0.29, 0.717) is 13.0 Å². The van der Waals surface area contributed by atoms with Crippen molar-refractivity contribution in [3.05, 3.63) is 29.8 Å². The van der Waals surface area contributed by atoms with Gasteiger partial charge in [0.05, 0.1) is 12.5 Å². The lowest BCUT2D eigenvalue weighted by molar-refractivity contribution is -0.117. The third kappa shape index (κ3) is 6.67.